The van der Waals surface area contributed by atoms with Gasteiger partial charge in [0.15, 0.2) is 0 Å². The lowest BCUT2D eigenvalue weighted by Gasteiger charge is -2.22. The lowest BCUT2D eigenvalue weighted by molar-refractivity contribution is -0.121. The van der Waals surface area contributed by atoms with Crippen molar-refractivity contribution in [3.63, 3.8) is 0 Å². The lowest BCUT2D eigenvalue weighted by atomic mass is 10.0. The van der Waals surface area contributed by atoms with Crippen molar-refractivity contribution in [2.75, 3.05) is 18.1 Å². The molecule has 0 aliphatic carbocycles. The van der Waals surface area contributed by atoms with Crippen LogP contribution in [-0.4, -0.2) is 37.4 Å². The van der Waals surface area contributed by atoms with Gasteiger partial charge in [0, 0.05) is 25.4 Å². The first-order valence-electron chi connectivity index (χ1n) is 6.91. The minimum absolute atomic E-state index is 0.0160. The summed E-state index contributed by atoms with van der Waals surface area (Å²) in [4.78, 5) is 15.7. The van der Waals surface area contributed by atoms with E-state index in [-0.39, 0.29) is 17.4 Å². The number of sulfone groups is 1. The Labute approximate surface area is 119 Å². The molecule has 1 fully saturated rings. The highest BCUT2D eigenvalue weighted by atomic mass is 32.2. The summed E-state index contributed by atoms with van der Waals surface area (Å²) < 4.78 is 22.6. The summed E-state index contributed by atoms with van der Waals surface area (Å²) in [5.41, 5.74) is 1.05. The van der Waals surface area contributed by atoms with E-state index in [1.54, 1.807) is 12.4 Å². The number of pyridine rings is 1. The third-order valence-electron chi connectivity index (χ3n) is 3.63. The number of nitrogens with zero attached hydrogens (tertiary/aromatic N) is 1. The Morgan fingerprint density at radius 3 is 2.75 bits per heavy atom. The number of amides is 1. The number of carbonyl (C=O) groups is 1. The summed E-state index contributed by atoms with van der Waals surface area (Å²) >= 11 is 0. The summed E-state index contributed by atoms with van der Waals surface area (Å²) in [5, 5.41) is 2.90. The molecule has 0 saturated carbocycles. The van der Waals surface area contributed by atoms with Crippen molar-refractivity contribution in [1.82, 2.24) is 10.3 Å². The first kappa shape index (κ1) is 15.0. The molecule has 6 heteroatoms. The van der Waals surface area contributed by atoms with Crippen LogP contribution in [0.2, 0.25) is 0 Å². The highest BCUT2D eigenvalue weighted by Crippen LogP contribution is 2.17. The van der Waals surface area contributed by atoms with Gasteiger partial charge in [0.05, 0.1) is 11.5 Å². The molecule has 0 bridgehead atoms. The fourth-order valence-electron chi connectivity index (χ4n) is 2.29. The highest BCUT2D eigenvalue weighted by molar-refractivity contribution is 7.91. The number of rotatable bonds is 5. The number of hydrogen-bond donors (Lipinski definition) is 1. The number of aromatic nitrogens is 1. The molecular formula is C14H20N2O3S. The van der Waals surface area contributed by atoms with E-state index in [9.17, 15) is 13.2 Å². The predicted octanol–water partition coefficient (Wildman–Crippen LogP) is 0.955. The molecule has 0 radical (unpaired) electrons. The molecule has 2 heterocycles. The molecular weight excluding hydrogens is 276 g/mol. The number of carbonyl (C=O) groups excluding carboxylic acids is 1. The van der Waals surface area contributed by atoms with E-state index in [2.05, 4.69) is 10.3 Å². The van der Waals surface area contributed by atoms with Crippen LogP contribution in [0.5, 0.6) is 0 Å². The average Bonchev–Trinajstić information content (AvgIpc) is 2.45. The summed E-state index contributed by atoms with van der Waals surface area (Å²) in [6.07, 6.45) is 5.91. The van der Waals surface area contributed by atoms with E-state index in [4.69, 9.17) is 0 Å². The molecule has 0 aromatic carbocycles. The van der Waals surface area contributed by atoms with Crippen molar-refractivity contribution >= 4 is 15.7 Å². The molecule has 1 amide bonds. The quantitative estimate of drug-likeness (QED) is 0.878. The largest absolute Gasteiger partial charge is 0.356 e. The molecule has 1 N–H and O–H groups in total. The molecule has 0 spiro atoms. The van der Waals surface area contributed by atoms with Gasteiger partial charge in [0.2, 0.25) is 5.91 Å². The molecule has 20 heavy (non-hydrogen) atoms. The molecule has 1 aliphatic rings. The number of hydrogen-bond acceptors (Lipinski definition) is 4. The molecule has 0 atom stereocenters. The van der Waals surface area contributed by atoms with Crippen LogP contribution in [0.15, 0.2) is 24.5 Å². The van der Waals surface area contributed by atoms with E-state index in [0.717, 1.165) is 5.56 Å². The second-order valence-electron chi connectivity index (χ2n) is 5.26. The SMILES string of the molecule is O=C(CCc1cccnc1)NCC1CCS(=O)(=O)CC1. The maximum atomic E-state index is 11.7. The van der Waals surface area contributed by atoms with Crippen LogP contribution in [-0.2, 0) is 21.1 Å². The Hall–Kier alpha value is -1.43. The van der Waals surface area contributed by atoms with E-state index < -0.39 is 9.84 Å². The standard InChI is InChI=1S/C14H20N2O3S/c17-14(4-3-12-2-1-7-15-10-12)16-11-13-5-8-20(18,19)9-6-13/h1-2,7,10,13H,3-6,8-9,11H2,(H,16,17). The monoisotopic (exact) mass is 296 g/mol. The van der Waals surface area contributed by atoms with Gasteiger partial charge in [-0.05, 0) is 36.8 Å². The van der Waals surface area contributed by atoms with Crippen LogP contribution >= 0.6 is 0 Å². The van der Waals surface area contributed by atoms with E-state index in [0.29, 0.717) is 38.1 Å². The van der Waals surface area contributed by atoms with Crippen molar-refractivity contribution in [3.8, 4) is 0 Å². The molecule has 0 unspecified atom stereocenters. The smallest absolute Gasteiger partial charge is 0.220 e. The number of aryl methyl sites for hydroxylation is 1. The van der Waals surface area contributed by atoms with Gasteiger partial charge in [-0.1, -0.05) is 6.07 Å². The number of nitrogens with one attached hydrogen (secondary N) is 1. The third-order valence-corrected chi connectivity index (χ3v) is 5.34. The third kappa shape index (κ3) is 4.92. The van der Waals surface area contributed by atoms with Crippen LogP contribution in [0.3, 0.4) is 0 Å². The Morgan fingerprint density at radius 2 is 2.10 bits per heavy atom. The van der Waals surface area contributed by atoms with Crippen LogP contribution in [0.4, 0.5) is 0 Å². The Kier molecular flexibility index (Phi) is 5.11. The van der Waals surface area contributed by atoms with Gasteiger partial charge in [-0.25, -0.2) is 8.42 Å². The van der Waals surface area contributed by atoms with Gasteiger partial charge in [0.1, 0.15) is 9.84 Å². The molecule has 110 valence electrons. The topological polar surface area (TPSA) is 76.1 Å². The molecule has 1 aromatic rings. The van der Waals surface area contributed by atoms with E-state index in [1.807, 2.05) is 12.1 Å². The molecule has 5 nitrogen and oxygen atoms in total. The average molecular weight is 296 g/mol. The normalized spacial score (nSPS) is 18.6. The Balaban J connectivity index is 1.66. The van der Waals surface area contributed by atoms with Crippen molar-refractivity contribution in [1.29, 1.82) is 0 Å². The molecule has 1 saturated heterocycles. The van der Waals surface area contributed by atoms with Crippen molar-refractivity contribution in [3.05, 3.63) is 30.1 Å². The molecule has 1 aromatic heterocycles. The summed E-state index contributed by atoms with van der Waals surface area (Å²) in [6, 6.07) is 3.81. The van der Waals surface area contributed by atoms with Crippen LogP contribution in [0.25, 0.3) is 0 Å². The van der Waals surface area contributed by atoms with E-state index in [1.165, 1.54) is 0 Å². The zero-order valence-electron chi connectivity index (χ0n) is 11.4. The maximum Gasteiger partial charge on any atom is 0.220 e. The zero-order chi connectivity index (χ0) is 14.4. The van der Waals surface area contributed by atoms with Gasteiger partial charge in [-0.15, -0.1) is 0 Å². The molecule has 2 rings (SSSR count). The van der Waals surface area contributed by atoms with Crippen LogP contribution < -0.4 is 5.32 Å². The van der Waals surface area contributed by atoms with Gasteiger partial charge in [0.25, 0.3) is 0 Å². The Morgan fingerprint density at radius 1 is 1.35 bits per heavy atom. The summed E-state index contributed by atoms with van der Waals surface area (Å²) in [7, 11) is -2.82. The first-order valence-corrected chi connectivity index (χ1v) is 8.73. The van der Waals surface area contributed by atoms with Crippen molar-refractivity contribution in [2.24, 2.45) is 5.92 Å². The second-order valence-corrected chi connectivity index (χ2v) is 7.56. The zero-order valence-corrected chi connectivity index (χ0v) is 12.2. The van der Waals surface area contributed by atoms with Crippen LogP contribution in [0.1, 0.15) is 24.8 Å². The summed E-state index contributed by atoms with van der Waals surface area (Å²) in [5.74, 6) is 0.815. The van der Waals surface area contributed by atoms with Gasteiger partial charge >= 0.3 is 0 Å². The maximum absolute atomic E-state index is 11.7. The highest BCUT2D eigenvalue weighted by Gasteiger charge is 2.23. The van der Waals surface area contributed by atoms with Crippen molar-refractivity contribution < 1.29 is 13.2 Å². The van der Waals surface area contributed by atoms with E-state index >= 15 is 0 Å². The molecule has 1 aliphatic heterocycles. The van der Waals surface area contributed by atoms with Gasteiger partial charge < -0.3 is 5.32 Å². The predicted molar refractivity (Wildman–Crippen MR) is 76.9 cm³/mol. The van der Waals surface area contributed by atoms with Crippen LogP contribution in [0, 0.1) is 5.92 Å². The fraction of sp³-hybridized carbons (Fsp3) is 0.571. The fourth-order valence-corrected chi connectivity index (χ4v) is 3.88. The Bertz CT molecular complexity index is 529. The van der Waals surface area contributed by atoms with Gasteiger partial charge in [-0.3, -0.25) is 9.78 Å². The second kappa shape index (κ2) is 6.83. The van der Waals surface area contributed by atoms with Crippen molar-refractivity contribution in [2.45, 2.75) is 25.7 Å². The minimum Gasteiger partial charge on any atom is -0.356 e. The summed E-state index contributed by atoms with van der Waals surface area (Å²) in [6.45, 7) is 0.585. The lowest BCUT2D eigenvalue weighted by Crippen LogP contribution is -2.34. The minimum atomic E-state index is -2.82. The van der Waals surface area contributed by atoms with Gasteiger partial charge in [-0.2, -0.15) is 0 Å². The first-order chi connectivity index (χ1) is 9.55.